The van der Waals surface area contributed by atoms with Crippen LogP contribution in [0.25, 0.3) is 0 Å². The van der Waals surface area contributed by atoms with Crippen molar-refractivity contribution in [1.82, 2.24) is 5.32 Å². The summed E-state index contributed by atoms with van der Waals surface area (Å²) in [6.07, 6.45) is 0. The largest absolute Gasteiger partial charge is 0.479 e. The van der Waals surface area contributed by atoms with Gasteiger partial charge in [-0.25, -0.2) is 4.79 Å². The fourth-order valence-corrected chi connectivity index (χ4v) is 2.42. The van der Waals surface area contributed by atoms with E-state index in [-0.39, 0.29) is 0 Å². The molecule has 0 aliphatic carbocycles. The lowest BCUT2D eigenvalue weighted by Crippen LogP contribution is -2.33. The molecule has 0 saturated carbocycles. The number of nitrogens with one attached hydrogen (secondary N) is 1. The first-order valence-electron chi connectivity index (χ1n) is 7.61. The number of carboxylic acids is 1. The fourth-order valence-electron chi connectivity index (χ4n) is 2.42. The van der Waals surface area contributed by atoms with Crippen molar-refractivity contribution in [3.8, 4) is 0 Å². The molecule has 5 nitrogen and oxygen atoms in total. The molecule has 2 aromatic rings. The summed E-state index contributed by atoms with van der Waals surface area (Å²) in [5, 5.41) is 12.1. The average molecular weight is 327 g/mol. The van der Waals surface area contributed by atoms with Gasteiger partial charge in [-0.3, -0.25) is 4.79 Å². The molecule has 0 fully saturated rings. The molecular formula is C19H21NO4. The van der Waals surface area contributed by atoms with Gasteiger partial charge in [0.1, 0.15) is 0 Å². The Balaban J connectivity index is 2.24. The van der Waals surface area contributed by atoms with E-state index in [0.29, 0.717) is 17.7 Å². The fraction of sp³-hybridized carbons (Fsp3) is 0.263. The van der Waals surface area contributed by atoms with E-state index in [1.54, 1.807) is 37.4 Å². The van der Waals surface area contributed by atoms with Crippen LogP contribution in [0.3, 0.4) is 0 Å². The normalized spacial score (nSPS) is 11.8. The lowest BCUT2D eigenvalue weighted by molar-refractivity contribution is -0.139. The molecule has 0 aliphatic heterocycles. The summed E-state index contributed by atoms with van der Waals surface area (Å²) in [5.74, 6) is -1.53. The second kappa shape index (κ2) is 7.75. The molecule has 2 N–H and O–H groups in total. The molecule has 0 saturated heterocycles. The molecule has 0 aliphatic rings. The van der Waals surface area contributed by atoms with Crippen LogP contribution in [0.5, 0.6) is 0 Å². The highest BCUT2D eigenvalue weighted by Crippen LogP contribution is 2.18. The summed E-state index contributed by atoms with van der Waals surface area (Å²) in [6.45, 7) is 4.25. The summed E-state index contributed by atoms with van der Waals surface area (Å²) < 4.78 is 5.05. The van der Waals surface area contributed by atoms with Crippen molar-refractivity contribution in [2.45, 2.75) is 26.5 Å². The zero-order valence-corrected chi connectivity index (χ0v) is 14.0. The molecule has 0 aromatic heterocycles. The topological polar surface area (TPSA) is 75.6 Å². The molecule has 2 rings (SSSR count). The van der Waals surface area contributed by atoms with Crippen LogP contribution >= 0.6 is 0 Å². The number of methoxy groups -OCH3 is 1. The molecule has 1 atom stereocenters. The first kappa shape index (κ1) is 17.7. The molecule has 1 unspecified atom stereocenters. The number of aliphatic carboxylic acids is 1. The Morgan fingerprint density at radius 1 is 1.12 bits per heavy atom. The maximum Gasteiger partial charge on any atom is 0.330 e. The lowest BCUT2D eigenvalue weighted by Gasteiger charge is -2.16. The number of hydrogen-bond acceptors (Lipinski definition) is 3. The number of amides is 1. The quantitative estimate of drug-likeness (QED) is 0.855. The Hall–Kier alpha value is -2.66. The standard InChI is InChI=1S/C19H21NO4/c1-12-7-8-15(9-13(12)2)17(19(22)23)20-18(21)16-6-4-5-14(10-16)11-24-3/h4-10,17H,11H2,1-3H3,(H,20,21)(H,22,23). The third-order valence-corrected chi connectivity index (χ3v) is 3.89. The molecule has 1 amide bonds. The molecule has 0 heterocycles. The lowest BCUT2D eigenvalue weighted by atomic mass is 10.0. The highest BCUT2D eigenvalue weighted by atomic mass is 16.5. The molecule has 2 aromatic carbocycles. The predicted octanol–water partition coefficient (Wildman–Crippen LogP) is 3.01. The first-order chi connectivity index (χ1) is 11.4. The van der Waals surface area contributed by atoms with Crippen LogP contribution in [-0.4, -0.2) is 24.1 Å². The van der Waals surface area contributed by atoms with E-state index < -0.39 is 17.9 Å². The van der Waals surface area contributed by atoms with Gasteiger partial charge in [0.15, 0.2) is 6.04 Å². The Bertz CT molecular complexity index is 755. The summed E-state index contributed by atoms with van der Waals surface area (Å²) in [4.78, 5) is 24.0. The minimum Gasteiger partial charge on any atom is -0.479 e. The Morgan fingerprint density at radius 2 is 1.88 bits per heavy atom. The van der Waals surface area contributed by atoms with Crippen molar-refractivity contribution in [2.24, 2.45) is 0 Å². The van der Waals surface area contributed by atoms with Crippen LogP contribution in [0.1, 0.15) is 38.7 Å². The van der Waals surface area contributed by atoms with E-state index in [1.165, 1.54) is 0 Å². The second-order valence-corrected chi connectivity index (χ2v) is 5.72. The summed E-state index contributed by atoms with van der Waals surface area (Å²) in [7, 11) is 1.58. The van der Waals surface area contributed by atoms with Crippen molar-refractivity contribution >= 4 is 11.9 Å². The van der Waals surface area contributed by atoms with Gasteiger partial charge in [-0.05, 0) is 48.2 Å². The van der Waals surface area contributed by atoms with Gasteiger partial charge in [0.25, 0.3) is 5.91 Å². The molecule has 0 bridgehead atoms. The van der Waals surface area contributed by atoms with Gasteiger partial charge in [0, 0.05) is 12.7 Å². The van der Waals surface area contributed by atoms with Crippen molar-refractivity contribution < 1.29 is 19.4 Å². The number of carbonyl (C=O) groups is 2. The van der Waals surface area contributed by atoms with Gasteiger partial charge in [0.05, 0.1) is 6.61 Å². The van der Waals surface area contributed by atoms with E-state index in [2.05, 4.69) is 5.32 Å². The molecule has 126 valence electrons. The van der Waals surface area contributed by atoms with E-state index in [9.17, 15) is 14.7 Å². The van der Waals surface area contributed by atoms with Crippen molar-refractivity contribution in [3.63, 3.8) is 0 Å². The maximum atomic E-state index is 12.4. The third kappa shape index (κ3) is 4.20. The van der Waals surface area contributed by atoms with Gasteiger partial charge in [-0.15, -0.1) is 0 Å². The van der Waals surface area contributed by atoms with Crippen LogP contribution in [0.2, 0.25) is 0 Å². The van der Waals surface area contributed by atoms with Gasteiger partial charge >= 0.3 is 5.97 Å². The van der Waals surface area contributed by atoms with Crippen LogP contribution in [0.15, 0.2) is 42.5 Å². The maximum absolute atomic E-state index is 12.4. The predicted molar refractivity (Wildman–Crippen MR) is 90.9 cm³/mol. The third-order valence-electron chi connectivity index (χ3n) is 3.89. The number of carbonyl (C=O) groups excluding carboxylic acids is 1. The van der Waals surface area contributed by atoms with E-state index in [4.69, 9.17) is 4.74 Å². The SMILES string of the molecule is COCc1cccc(C(=O)NC(C(=O)O)c2ccc(C)c(C)c2)c1. The summed E-state index contributed by atoms with van der Waals surface area (Å²) in [5.41, 5.74) is 3.85. The minimum absolute atomic E-state index is 0.390. The number of rotatable bonds is 6. The van der Waals surface area contributed by atoms with Gasteiger partial charge in [-0.1, -0.05) is 30.3 Å². The van der Waals surface area contributed by atoms with Crippen molar-refractivity contribution in [2.75, 3.05) is 7.11 Å². The number of ether oxygens (including phenoxy) is 1. The smallest absolute Gasteiger partial charge is 0.330 e. The van der Waals surface area contributed by atoms with E-state index >= 15 is 0 Å². The van der Waals surface area contributed by atoms with Crippen molar-refractivity contribution in [1.29, 1.82) is 0 Å². The van der Waals surface area contributed by atoms with E-state index in [0.717, 1.165) is 16.7 Å². The molecule has 0 radical (unpaired) electrons. The van der Waals surface area contributed by atoms with Gasteiger partial charge in [0.2, 0.25) is 0 Å². The molecule has 24 heavy (non-hydrogen) atoms. The van der Waals surface area contributed by atoms with Gasteiger partial charge in [-0.2, -0.15) is 0 Å². The summed E-state index contributed by atoms with van der Waals surface area (Å²) in [6, 6.07) is 11.2. The zero-order valence-electron chi connectivity index (χ0n) is 14.0. The number of carboxylic acid groups (broad SMARTS) is 1. The monoisotopic (exact) mass is 327 g/mol. The van der Waals surface area contributed by atoms with Crippen LogP contribution in [0, 0.1) is 13.8 Å². The Labute approximate surface area is 141 Å². The summed E-state index contributed by atoms with van der Waals surface area (Å²) >= 11 is 0. The highest BCUT2D eigenvalue weighted by molar-refractivity contribution is 5.97. The van der Waals surface area contributed by atoms with E-state index in [1.807, 2.05) is 26.0 Å². The van der Waals surface area contributed by atoms with Crippen LogP contribution in [-0.2, 0) is 16.1 Å². The Morgan fingerprint density at radius 3 is 2.50 bits per heavy atom. The first-order valence-corrected chi connectivity index (χ1v) is 7.61. The number of aryl methyl sites for hydroxylation is 2. The van der Waals surface area contributed by atoms with Crippen LogP contribution < -0.4 is 5.32 Å². The second-order valence-electron chi connectivity index (χ2n) is 5.72. The Kier molecular flexibility index (Phi) is 5.71. The number of benzene rings is 2. The van der Waals surface area contributed by atoms with Crippen LogP contribution in [0.4, 0.5) is 0 Å². The van der Waals surface area contributed by atoms with Crippen molar-refractivity contribution in [3.05, 3.63) is 70.3 Å². The highest BCUT2D eigenvalue weighted by Gasteiger charge is 2.23. The minimum atomic E-state index is -1.10. The number of hydrogen-bond donors (Lipinski definition) is 2. The zero-order chi connectivity index (χ0) is 17.7. The average Bonchev–Trinajstić information content (AvgIpc) is 2.55. The molecule has 0 spiro atoms. The molecular weight excluding hydrogens is 306 g/mol. The molecule has 5 heteroatoms. The van der Waals surface area contributed by atoms with Gasteiger partial charge < -0.3 is 15.2 Å².